The summed E-state index contributed by atoms with van der Waals surface area (Å²) in [4.78, 5) is 46.9. The Labute approximate surface area is 242 Å². The van der Waals surface area contributed by atoms with Crippen LogP contribution in [0, 0.1) is 0 Å². The van der Waals surface area contributed by atoms with E-state index in [1.54, 1.807) is 20.8 Å². The number of rotatable bonds is 22. The molecule has 0 fully saturated rings. The number of carbonyl (C=O) groups is 4. The predicted octanol–water partition coefficient (Wildman–Crippen LogP) is 7.05. The number of amides is 2. The molecule has 0 aliphatic carbocycles. The number of ether oxygens (including phenoxy) is 2. The van der Waals surface area contributed by atoms with Crippen LogP contribution in [0.4, 0.5) is 4.79 Å². The highest BCUT2D eigenvalue weighted by molar-refractivity contribution is 5.80. The SMILES string of the molecule is CC(C)(C)OC(=O)CCCCCCCCCCCCCCC(=O)NCCCCC(NC(=O)OC(C)(C)C)C(=O)O. The first-order chi connectivity index (χ1) is 18.7. The molecule has 9 nitrogen and oxygen atoms in total. The van der Waals surface area contributed by atoms with Gasteiger partial charge in [-0.3, -0.25) is 9.59 Å². The summed E-state index contributed by atoms with van der Waals surface area (Å²) in [7, 11) is 0. The molecule has 0 heterocycles. The Kier molecular flexibility index (Phi) is 20.2. The number of hydrogen-bond acceptors (Lipinski definition) is 6. The van der Waals surface area contributed by atoms with E-state index in [-0.39, 0.29) is 18.3 Å². The second-order valence-electron chi connectivity index (χ2n) is 12.7. The van der Waals surface area contributed by atoms with Gasteiger partial charge in [-0.25, -0.2) is 9.59 Å². The lowest BCUT2D eigenvalue weighted by Gasteiger charge is -2.22. The third-order valence-electron chi connectivity index (χ3n) is 6.19. The summed E-state index contributed by atoms with van der Waals surface area (Å²) in [6.07, 6.45) is 15.5. The number of aliphatic carboxylic acids is 1. The van der Waals surface area contributed by atoms with Crippen molar-refractivity contribution in [1.82, 2.24) is 10.6 Å². The number of nitrogens with one attached hydrogen (secondary N) is 2. The van der Waals surface area contributed by atoms with Crippen molar-refractivity contribution in [2.75, 3.05) is 6.54 Å². The monoisotopic (exact) mass is 570 g/mol. The van der Waals surface area contributed by atoms with Crippen LogP contribution in [0.25, 0.3) is 0 Å². The maximum absolute atomic E-state index is 12.0. The van der Waals surface area contributed by atoms with Crippen LogP contribution in [-0.4, -0.2) is 52.8 Å². The highest BCUT2D eigenvalue weighted by atomic mass is 16.6. The zero-order valence-corrected chi connectivity index (χ0v) is 26.2. The first kappa shape index (κ1) is 37.7. The summed E-state index contributed by atoms with van der Waals surface area (Å²) in [5.41, 5.74) is -1.08. The minimum absolute atomic E-state index is 0.0350. The molecule has 0 bridgehead atoms. The number of alkyl carbamates (subject to hydrolysis) is 1. The van der Waals surface area contributed by atoms with Crippen LogP contribution in [0.5, 0.6) is 0 Å². The molecule has 0 saturated heterocycles. The van der Waals surface area contributed by atoms with Gasteiger partial charge in [0.25, 0.3) is 0 Å². The Hall–Kier alpha value is -2.32. The number of carboxylic acids is 1. The second-order valence-corrected chi connectivity index (χ2v) is 12.7. The summed E-state index contributed by atoms with van der Waals surface area (Å²) in [5, 5.41) is 14.6. The molecule has 0 spiro atoms. The van der Waals surface area contributed by atoms with Gasteiger partial charge in [-0.15, -0.1) is 0 Å². The molecule has 0 aromatic rings. The molecule has 0 radical (unpaired) electrons. The lowest BCUT2D eigenvalue weighted by Crippen LogP contribution is -2.43. The normalized spacial score (nSPS) is 12.4. The van der Waals surface area contributed by atoms with Crippen LogP contribution < -0.4 is 10.6 Å². The van der Waals surface area contributed by atoms with Gasteiger partial charge in [-0.1, -0.05) is 64.2 Å². The van der Waals surface area contributed by atoms with Crippen LogP contribution in [0.2, 0.25) is 0 Å². The summed E-state index contributed by atoms with van der Waals surface area (Å²) in [6.45, 7) is 11.4. The minimum atomic E-state index is -1.10. The molecular formula is C31H58N2O7. The Morgan fingerprint density at radius 2 is 1.07 bits per heavy atom. The van der Waals surface area contributed by atoms with E-state index in [2.05, 4.69) is 10.6 Å². The number of carboxylic acid groups (broad SMARTS) is 1. The molecule has 234 valence electrons. The van der Waals surface area contributed by atoms with Crippen molar-refractivity contribution in [1.29, 1.82) is 0 Å². The molecule has 40 heavy (non-hydrogen) atoms. The van der Waals surface area contributed by atoms with E-state index in [1.807, 2.05) is 20.8 Å². The molecule has 1 atom stereocenters. The molecule has 0 saturated carbocycles. The van der Waals surface area contributed by atoms with E-state index in [1.165, 1.54) is 44.9 Å². The molecule has 2 amide bonds. The van der Waals surface area contributed by atoms with E-state index in [4.69, 9.17) is 9.47 Å². The lowest BCUT2D eigenvalue weighted by molar-refractivity contribution is -0.155. The maximum atomic E-state index is 12.0. The van der Waals surface area contributed by atoms with Gasteiger partial charge in [0.15, 0.2) is 0 Å². The third-order valence-corrected chi connectivity index (χ3v) is 6.19. The van der Waals surface area contributed by atoms with Crippen molar-refractivity contribution >= 4 is 23.9 Å². The first-order valence-electron chi connectivity index (χ1n) is 15.4. The third kappa shape index (κ3) is 25.9. The van der Waals surface area contributed by atoms with Crippen molar-refractivity contribution in [2.24, 2.45) is 0 Å². The molecule has 0 aromatic heterocycles. The van der Waals surface area contributed by atoms with Crippen molar-refractivity contribution < 1.29 is 33.8 Å². The Bertz CT molecular complexity index is 726. The van der Waals surface area contributed by atoms with Gasteiger partial charge in [0.1, 0.15) is 17.2 Å². The Morgan fingerprint density at radius 3 is 1.52 bits per heavy atom. The van der Waals surface area contributed by atoms with Crippen LogP contribution in [0.1, 0.15) is 151 Å². The second kappa shape index (κ2) is 21.4. The quantitative estimate of drug-likeness (QED) is 0.0938. The standard InChI is InChI=1S/C31H58N2O7/c1-30(2,3)39-27(35)23-18-16-14-12-10-8-7-9-11-13-15-17-22-26(34)32-24-20-19-21-25(28(36)37)33-29(38)40-31(4,5)6/h25H,7-24H2,1-6H3,(H,32,34)(H,33,38)(H,36,37). The average Bonchev–Trinajstić information content (AvgIpc) is 2.80. The molecule has 0 aliphatic rings. The van der Waals surface area contributed by atoms with Crippen LogP contribution in [0.3, 0.4) is 0 Å². The highest BCUT2D eigenvalue weighted by Crippen LogP contribution is 2.15. The van der Waals surface area contributed by atoms with Crippen molar-refractivity contribution in [2.45, 2.75) is 168 Å². The van der Waals surface area contributed by atoms with Gasteiger partial charge in [-0.2, -0.15) is 0 Å². The number of hydrogen-bond donors (Lipinski definition) is 3. The topological polar surface area (TPSA) is 131 Å². The zero-order valence-electron chi connectivity index (χ0n) is 26.2. The van der Waals surface area contributed by atoms with E-state index in [0.717, 1.165) is 32.1 Å². The summed E-state index contributed by atoms with van der Waals surface area (Å²) < 4.78 is 10.4. The Morgan fingerprint density at radius 1 is 0.625 bits per heavy atom. The van der Waals surface area contributed by atoms with E-state index >= 15 is 0 Å². The van der Waals surface area contributed by atoms with Gasteiger partial charge in [-0.05, 0) is 73.6 Å². The van der Waals surface area contributed by atoms with E-state index < -0.39 is 29.3 Å². The number of esters is 1. The fourth-order valence-corrected chi connectivity index (χ4v) is 4.21. The molecule has 9 heteroatoms. The van der Waals surface area contributed by atoms with Crippen LogP contribution in [-0.2, 0) is 23.9 Å². The smallest absolute Gasteiger partial charge is 0.408 e. The minimum Gasteiger partial charge on any atom is -0.480 e. The van der Waals surface area contributed by atoms with Crippen molar-refractivity contribution in [3.63, 3.8) is 0 Å². The summed E-state index contributed by atoms with van der Waals surface area (Å²) in [6, 6.07) is -1.01. The van der Waals surface area contributed by atoms with Crippen molar-refractivity contribution in [3.05, 3.63) is 0 Å². The summed E-state index contributed by atoms with van der Waals surface area (Å²) in [5.74, 6) is -1.16. The fraction of sp³-hybridized carbons (Fsp3) is 0.871. The number of carbonyl (C=O) groups excluding carboxylic acids is 3. The van der Waals surface area contributed by atoms with Gasteiger partial charge in [0.2, 0.25) is 5.91 Å². The Balaban J connectivity index is 3.57. The predicted molar refractivity (Wildman–Crippen MR) is 158 cm³/mol. The largest absolute Gasteiger partial charge is 0.480 e. The van der Waals surface area contributed by atoms with Gasteiger partial charge >= 0.3 is 18.0 Å². The number of unbranched alkanes of at least 4 members (excludes halogenated alkanes) is 12. The molecule has 0 aliphatic heterocycles. The molecule has 1 unspecified atom stereocenters. The zero-order chi connectivity index (χ0) is 30.4. The van der Waals surface area contributed by atoms with Gasteiger partial charge in [0.05, 0.1) is 0 Å². The molecule has 3 N–H and O–H groups in total. The van der Waals surface area contributed by atoms with Crippen molar-refractivity contribution in [3.8, 4) is 0 Å². The molecule has 0 rings (SSSR count). The molecule has 0 aromatic carbocycles. The maximum Gasteiger partial charge on any atom is 0.408 e. The first-order valence-corrected chi connectivity index (χ1v) is 15.4. The van der Waals surface area contributed by atoms with Gasteiger partial charge < -0.3 is 25.2 Å². The van der Waals surface area contributed by atoms with Gasteiger partial charge in [0, 0.05) is 19.4 Å². The van der Waals surface area contributed by atoms with E-state index in [9.17, 15) is 24.3 Å². The fourth-order valence-electron chi connectivity index (χ4n) is 4.21. The van der Waals surface area contributed by atoms with Crippen LogP contribution in [0.15, 0.2) is 0 Å². The molecular weight excluding hydrogens is 512 g/mol. The average molecular weight is 571 g/mol. The van der Waals surface area contributed by atoms with E-state index in [0.29, 0.717) is 32.2 Å². The van der Waals surface area contributed by atoms with Crippen LogP contribution >= 0.6 is 0 Å². The summed E-state index contributed by atoms with van der Waals surface area (Å²) >= 11 is 0. The highest BCUT2D eigenvalue weighted by Gasteiger charge is 2.23. The lowest BCUT2D eigenvalue weighted by atomic mass is 10.0.